The molecule has 0 spiro atoms. The highest BCUT2D eigenvalue weighted by Gasteiger charge is 2.15. The van der Waals surface area contributed by atoms with E-state index in [-0.39, 0.29) is 18.1 Å². The number of para-hydroxylation sites is 1. The molecule has 1 aromatic heterocycles. The van der Waals surface area contributed by atoms with E-state index in [9.17, 15) is 4.79 Å². The molecule has 0 aliphatic carbocycles. The van der Waals surface area contributed by atoms with Gasteiger partial charge in [0.15, 0.2) is 0 Å². The highest BCUT2D eigenvalue weighted by atomic mass is 16.5. The number of benzene rings is 2. The van der Waals surface area contributed by atoms with Crippen LogP contribution in [0.25, 0.3) is 0 Å². The second kappa shape index (κ2) is 9.55. The molecule has 156 valence electrons. The fourth-order valence-corrected chi connectivity index (χ4v) is 3.16. The molecule has 2 aromatic carbocycles. The molecule has 0 aliphatic rings. The molecule has 0 bridgehead atoms. The number of ether oxygens (including phenoxy) is 2. The second-order valence-corrected chi connectivity index (χ2v) is 7.55. The minimum Gasteiger partial charge on any atom is -0.457 e. The van der Waals surface area contributed by atoms with Crippen LogP contribution in [0.4, 0.5) is 5.69 Å². The van der Waals surface area contributed by atoms with E-state index in [4.69, 9.17) is 9.47 Å². The Morgan fingerprint density at radius 3 is 2.43 bits per heavy atom. The fourth-order valence-electron chi connectivity index (χ4n) is 3.16. The minimum atomic E-state index is -0.211. The van der Waals surface area contributed by atoms with Gasteiger partial charge in [0.1, 0.15) is 11.5 Å². The van der Waals surface area contributed by atoms with Gasteiger partial charge in [-0.3, -0.25) is 9.78 Å². The van der Waals surface area contributed by atoms with Gasteiger partial charge in [0.2, 0.25) is 0 Å². The van der Waals surface area contributed by atoms with Crippen molar-refractivity contribution in [2.24, 2.45) is 0 Å². The third-order valence-electron chi connectivity index (χ3n) is 4.66. The summed E-state index contributed by atoms with van der Waals surface area (Å²) in [4.78, 5) is 17.4. The fraction of sp³-hybridized carbons (Fsp3) is 0.280. The summed E-state index contributed by atoms with van der Waals surface area (Å²) in [6, 6.07) is 18.8. The molecule has 30 heavy (non-hydrogen) atoms. The molecular formula is C25H28N2O3. The summed E-state index contributed by atoms with van der Waals surface area (Å²) in [6.45, 7) is 9.76. The van der Waals surface area contributed by atoms with Gasteiger partial charge in [-0.05, 0) is 70.5 Å². The molecule has 1 N–H and O–H groups in total. The molecule has 0 aliphatic heterocycles. The van der Waals surface area contributed by atoms with Crippen molar-refractivity contribution in [3.63, 3.8) is 0 Å². The first-order chi connectivity index (χ1) is 14.3. The van der Waals surface area contributed by atoms with Crippen LogP contribution in [0.3, 0.4) is 0 Å². The highest BCUT2D eigenvalue weighted by molar-refractivity contribution is 6.05. The van der Waals surface area contributed by atoms with E-state index in [2.05, 4.69) is 10.3 Å². The van der Waals surface area contributed by atoms with Crippen molar-refractivity contribution in [3.05, 3.63) is 83.2 Å². The zero-order chi connectivity index (χ0) is 21.7. The lowest BCUT2D eigenvalue weighted by atomic mass is 10.1. The van der Waals surface area contributed by atoms with Crippen molar-refractivity contribution in [1.29, 1.82) is 0 Å². The molecular weight excluding hydrogens is 376 g/mol. The van der Waals surface area contributed by atoms with Gasteiger partial charge >= 0.3 is 0 Å². The Bertz CT molecular complexity index is 1030. The maximum absolute atomic E-state index is 12.8. The van der Waals surface area contributed by atoms with Crippen LogP contribution in [0.2, 0.25) is 0 Å². The van der Waals surface area contributed by atoms with Crippen molar-refractivity contribution in [3.8, 4) is 11.5 Å². The molecule has 0 saturated heterocycles. The van der Waals surface area contributed by atoms with Crippen LogP contribution < -0.4 is 10.1 Å². The number of carbonyl (C=O) groups is 1. The molecule has 1 unspecified atom stereocenters. The van der Waals surface area contributed by atoms with Crippen molar-refractivity contribution in [2.75, 3.05) is 5.32 Å². The average Bonchev–Trinajstić information content (AvgIpc) is 2.69. The Balaban J connectivity index is 1.72. The van der Waals surface area contributed by atoms with Gasteiger partial charge < -0.3 is 14.8 Å². The lowest BCUT2D eigenvalue weighted by molar-refractivity contribution is 0.0154. The van der Waals surface area contributed by atoms with Gasteiger partial charge in [0.25, 0.3) is 5.91 Å². The molecule has 3 aromatic rings. The van der Waals surface area contributed by atoms with E-state index in [0.717, 1.165) is 17.0 Å². The SMILES string of the molecule is Cc1ccccc1Oc1cccc(NC(=O)c2ccc(C(C)OC(C)C)nc2C)c1. The smallest absolute Gasteiger partial charge is 0.257 e. The summed E-state index contributed by atoms with van der Waals surface area (Å²) in [6.07, 6.45) is -0.0182. The Labute approximate surface area is 178 Å². The zero-order valence-corrected chi connectivity index (χ0v) is 18.1. The van der Waals surface area contributed by atoms with Crippen LogP contribution in [0, 0.1) is 13.8 Å². The number of nitrogens with one attached hydrogen (secondary N) is 1. The number of aromatic nitrogens is 1. The Kier molecular flexibility index (Phi) is 6.85. The minimum absolute atomic E-state index is 0.110. The van der Waals surface area contributed by atoms with Crippen LogP contribution in [-0.4, -0.2) is 17.0 Å². The maximum Gasteiger partial charge on any atom is 0.257 e. The lowest BCUT2D eigenvalue weighted by Crippen LogP contribution is -2.16. The number of carbonyl (C=O) groups excluding carboxylic acids is 1. The van der Waals surface area contributed by atoms with Crippen LogP contribution in [0.15, 0.2) is 60.7 Å². The number of hydrogen-bond donors (Lipinski definition) is 1. The molecule has 0 saturated carbocycles. The average molecular weight is 405 g/mol. The summed E-state index contributed by atoms with van der Waals surface area (Å²) in [5.41, 5.74) is 3.71. The van der Waals surface area contributed by atoms with E-state index in [1.165, 1.54) is 0 Å². The molecule has 1 heterocycles. The van der Waals surface area contributed by atoms with E-state index >= 15 is 0 Å². The van der Waals surface area contributed by atoms with Crippen molar-refractivity contribution >= 4 is 11.6 Å². The van der Waals surface area contributed by atoms with Gasteiger partial charge in [-0.1, -0.05) is 24.3 Å². The molecule has 1 atom stereocenters. The molecule has 0 fully saturated rings. The van der Waals surface area contributed by atoms with Gasteiger partial charge in [-0.25, -0.2) is 0 Å². The number of nitrogens with zero attached hydrogens (tertiary/aromatic N) is 1. The molecule has 5 heteroatoms. The first-order valence-corrected chi connectivity index (χ1v) is 10.1. The van der Waals surface area contributed by atoms with Crippen molar-refractivity contribution in [2.45, 2.75) is 46.8 Å². The Hall–Kier alpha value is -3.18. The van der Waals surface area contributed by atoms with Crippen molar-refractivity contribution < 1.29 is 14.3 Å². The first-order valence-electron chi connectivity index (χ1n) is 10.1. The molecule has 5 nitrogen and oxygen atoms in total. The van der Waals surface area contributed by atoms with Gasteiger partial charge in [-0.2, -0.15) is 0 Å². The lowest BCUT2D eigenvalue weighted by Gasteiger charge is -2.17. The summed E-state index contributed by atoms with van der Waals surface area (Å²) >= 11 is 0. The van der Waals surface area contributed by atoms with Crippen molar-refractivity contribution in [1.82, 2.24) is 4.98 Å². The maximum atomic E-state index is 12.8. The highest BCUT2D eigenvalue weighted by Crippen LogP contribution is 2.27. The van der Waals surface area contributed by atoms with Gasteiger partial charge in [0.05, 0.1) is 29.2 Å². The Morgan fingerprint density at radius 2 is 1.73 bits per heavy atom. The van der Waals surface area contributed by atoms with Crippen LogP contribution >= 0.6 is 0 Å². The topological polar surface area (TPSA) is 60.5 Å². The predicted molar refractivity (Wildman–Crippen MR) is 119 cm³/mol. The second-order valence-electron chi connectivity index (χ2n) is 7.55. The largest absolute Gasteiger partial charge is 0.457 e. The monoisotopic (exact) mass is 404 g/mol. The molecule has 3 rings (SSSR count). The summed E-state index contributed by atoms with van der Waals surface area (Å²) in [5, 5.41) is 2.93. The standard InChI is InChI=1S/C25H28N2O3/c1-16(2)29-19(5)23-14-13-22(18(4)26-23)25(28)27-20-10-8-11-21(15-20)30-24-12-7-6-9-17(24)3/h6-16,19H,1-5H3,(H,27,28). The number of aryl methyl sites for hydroxylation is 2. The number of amides is 1. The quantitative estimate of drug-likeness (QED) is 0.507. The van der Waals surface area contributed by atoms with Crippen LogP contribution in [-0.2, 0) is 4.74 Å². The number of pyridine rings is 1. The third kappa shape index (κ3) is 5.45. The third-order valence-corrected chi connectivity index (χ3v) is 4.66. The normalized spacial score (nSPS) is 11.9. The first kappa shape index (κ1) is 21.5. The van der Waals surface area contributed by atoms with E-state index in [1.54, 1.807) is 12.1 Å². The number of rotatable bonds is 7. The zero-order valence-electron chi connectivity index (χ0n) is 18.1. The number of anilines is 1. The van der Waals surface area contributed by atoms with E-state index < -0.39 is 0 Å². The van der Waals surface area contributed by atoms with Crippen LogP contribution in [0.5, 0.6) is 11.5 Å². The molecule has 1 amide bonds. The summed E-state index contributed by atoms with van der Waals surface area (Å²) < 4.78 is 11.7. The van der Waals surface area contributed by atoms with Gasteiger partial charge in [0, 0.05) is 11.8 Å². The predicted octanol–water partition coefficient (Wildman–Crippen LogP) is 6.23. The molecule has 0 radical (unpaired) electrons. The van der Waals surface area contributed by atoms with E-state index in [1.807, 2.05) is 83.1 Å². The van der Waals surface area contributed by atoms with Crippen LogP contribution in [0.1, 0.15) is 54.2 Å². The van der Waals surface area contributed by atoms with E-state index in [0.29, 0.717) is 22.7 Å². The number of hydrogen-bond acceptors (Lipinski definition) is 4. The summed E-state index contributed by atoms with van der Waals surface area (Å²) in [7, 11) is 0. The van der Waals surface area contributed by atoms with Gasteiger partial charge in [-0.15, -0.1) is 0 Å². The Morgan fingerprint density at radius 1 is 0.967 bits per heavy atom. The summed E-state index contributed by atoms with van der Waals surface area (Å²) in [5.74, 6) is 1.23.